The second-order valence-electron chi connectivity index (χ2n) is 4.10. The molecule has 1 saturated heterocycles. The summed E-state index contributed by atoms with van der Waals surface area (Å²) in [4.78, 5) is 0.387. The van der Waals surface area contributed by atoms with Crippen LogP contribution in [-0.4, -0.2) is 38.3 Å². The summed E-state index contributed by atoms with van der Waals surface area (Å²) in [6.45, 7) is 3.26. The summed E-state index contributed by atoms with van der Waals surface area (Å²) in [6.07, 6.45) is 3.55. The van der Waals surface area contributed by atoms with Gasteiger partial charge in [-0.1, -0.05) is 22.9 Å². The molecule has 0 aromatic carbocycles. The van der Waals surface area contributed by atoms with Crippen molar-refractivity contribution in [2.45, 2.75) is 43.5 Å². The van der Waals surface area contributed by atoms with Crippen LogP contribution in [0.3, 0.4) is 0 Å². The van der Waals surface area contributed by atoms with E-state index in [9.17, 15) is 8.42 Å². The van der Waals surface area contributed by atoms with Crippen LogP contribution in [0.25, 0.3) is 0 Å². The van der Waals surface area contributed by atoms with E-state index in [1.54, 1.807) is 0 Å². The van der Waals surface area contributed by atoms with Crippen molar-refractivity contribution < 1.29 is 13.2 Å². The Morgan fingerprint density at radius 2 is 2.31 bits per heavy atom. The zero-order valence-corrected chi connectivity index (χ0v) is 12.0. The van der Waals surface area contributed by atoms with Crippen LogP contribution in [-0.2, 0) is 14.8 Å². The molecule has 96 valence electrons. The van der Waals surface area contributed by atoms with Crippen molar-refractivity contribution in [3.63, 3.8) is 0 Å². The minimum absolute atomic E-state index is 0.103. The van der Waals surface area contributed by atoms with Gasteiger partial charge in [0.25, 0.3) is 0 Å². The number of nitrogens with one attached hydrogen (secondary N) is 1. The summed E-state index contributed by atoms with van der Waals surface area (Å²) >= 11 is 3.47. The van der Waals surface area contributed by atoms with Gasteiger partial charge in [0.2, 0.25) is 10.0 Å². The van der Waals surface area contributed by atoms with Crippen molar-refractivity contribution in [2.75, 3.05) is 18.9 Å². The van der Waals surface area contributed by atoms with Crippen LogP contribution < -0.4 is 4.72 Å². The Morgan fingerprint density at radius 3 is 2.88 bits per heavy atom. The standard InChI is InChI=1S/C10H20BrNO3S/c1-2-9(11)5-6-12-16(13,14)8-10-4-3-7-15-10/h9-10,12H,2-8H2,1H3. The highest BCUT2D eigenvalue weighted by atomic mass is 79.9. The molecule has 0 radical (unpaired) electrons. The molecular formula is C10H20BrNO3S. The van der Waals surface area contributed by atoms with Crippen LogP contribution in [0.1, 0.15) is 32.6 Å². The van der Waals surface area contributed by atoms with Crippen molar-refractivity contribution >= 4 is 26.0 Å². The van der Waals surface area contributed by atoms with Gasteiger partial charge in [-0.05, 0) is 25.7 Å². The van der Waals surface area contributed by atoms with Gasteiger partial charge in [0.1, 0.15) is 0 Å². The molecule has 0 bridgehead atoms. The predicted octanol–water partition coefficient (Wildman–Crippen LogP) is 1.65. The van der Waals surface area contributed by atoms with E-state index in [-0.39, 0.29) is 11.9 Å². The molecule has 0 spiro atoms. The molecule has 6 heteroatoms. The van der Waals surface area contributed by atoms with Gasteiger partial charge in [-0.25, -0.2) is 13.1 Å². The minimum Gasteiger partial charge on any atom is -0.377 e. The molecule has 4 nitrogen and oxygen atoms in total. The predicted molar refractivity (Wildman–Crippen MR) is 68.4 cm³/mol. The molecule has 2 unspecified atom stereocenters. The van der Waals surface area contributed by atoms with Crippen molar-refractivity contribution in [1.29, 1.82) is 0 Å². The van der Waals surface area contributed by atoms with E-state index in [1.165, 1.54) is 0 Å². The van der Waals surface area contributed by atoms with Gasteiger partial charge in [-0.2, -0.15) is 0 Å². The lowest BCUT2D eigenvalue weighted by Gasteiger charge is -2.12. The van der Waals surface area contributed by atoms with Gasteiger partial charge in [-0.3, -0.25) is 0 Å². The zero-order valence-electron chi connectivity index (χ0n) is 9.62. The Balaban J connectivity index is 2.23. The largest absolute Gasteiger partial charge is 0.377 e. The van der Waals surface area contributed by atoms with E-state index in [0.717, 1.165) is 25.7 Å². The summed E-state index contributed by atoms with van der Waals surface area (Å²) < 4.78 is 31.2. The maximum absolute atomic E-state index is 11.6. The lowest BCUT2D eigenvalue weighted by atomic mass is 10.2. The Kier molecular flexibility index (Phi) is 6.25. The molecule has 0 aromatic heterocycles. The molecule has 16 heavy (non-hydrogen) atoms. The first-order chi connectivity index (χ1) is 7.53. The third-order valence-electron chi connectivity index (χ3n) is 2.65. The lowest BCUT2D eigenvalue weighted by molar-refractivity contribution is 0.127. The van der Waals surface area contributed by atoms with Gasteiger partial charge in [-0.15, -0.1) is 0 Å². The van der Waals surface area contributed by atoms with Crippen molar-refractivity contribution in [2.24, 2.45) is 0 Å². The number of alkyl halides is 1. The van der Waals surface area contributed by atoms with Crippen molar-refractivity contribution in [1.82, 2.24) is 4.72 Å². The van der Waals surface area contributed by atoms with Gasteiger partial charge in [0.05, 0.1) is 11.9 Å². The SMILES string of the molecule is CCC(Br)CCNS(=O)(=O)CC1CCCO1. The van der Waals surface area contributed by atoms with Crippen LogP contribution in [0.2, 0.25) is 0 Å². The monoisotopic (exact) mass is 313 g/mol. The molecule has 2 atom stereocenters. The Hall–Kier alpha value is 0.350. The normalized spacial score (nSPS) is 23.5. The maximum Gasteiger partial charge on any atom is 0.214 e. The Bertz CT molecular complexity index is 288. The van der Waals surface area contributed by atoms with Crippen LogP contribution in [0.5, 0.6) is 0 Å². The maximum atomic E-state index is 11.6. The van der Waals surface area contributed by atoms with E-state index in [4.69, 9.17) is 4.74 Å². The third kappa shape index (κ3) is 5.61. The fourth-order valence-corrected chi connectivity index (χ4v) is 3.18. The van der Waals surface area contributed by atoms with E-state index in [2.05, 4.69) is 27.6 Å². The lowest BCUT2D eigenvalue weighted by Crippen LogP contribution is -2.33. The summed E-state index contributed by atoms with van der Waals surface area (Å²) in [7, 11) is -3.16. The van der Waals surface area contributed by atoms with Gasteiger partial charge in [0, 0.05) is 18.0 Å². The highest BCUT2D eigenvalue weighted by molar-refractivity contribution is 9.09. The average Bonchev–Trinajstić information content (AvgIpc) is 2.69. The molecule has 0 saturated carbocycles. The highest BCUT2D eigenvalue weighted by Gasteiger charge is 2.22. The first kappa shape index (κ1) is 14.4. The number of rotatable bonds is 7. The van der Waals surface area contributed by atoms with E-state index in [1.807, 2.05) is 0 Å². The van der Waals surface area contributed by atoms with Gasteiger partial charge < -0.3 is 4.74 Å². The topological polar surface area (TPSA) is 55.4 Å². The molecule has 0 aliphatic carbocycles. The second-order valence-corrected chi connectivity index (χ2v) is 7.25. The number of hydrogen-bond donors (Lipinski definition) is 1. The fourth-order valence-electron chi connectivity index (χ4n) is 1.65. The molecule has 1 N–H and O–H groups in total. The zero-order chi connectivity index (χ0) is 12.0. The van der Waals surface area contributed by atoms with Gasteiger partial charge >= 0.3 is 0 Å². The van der Waals surface area contributed by atoms with Crippen LogP contribution in [0.4, 0.5) is 0 Å². The minimum atomic E-state index is -3.16. The number of sulfonamides is 1. The molecule has 0 aromatic rings. The number of ether oxygens (including phenoxy) is 1. The molecule has 1 fully saturated rings. The Labute approximate surface area is 106 Å². The summed E-state index contributed by atoms with van der Waals surface area (Å²) in [5.41, 5.74) is 0. The number of halogens is 1. The molecule has 1 heterocycles. The molecular weight excluding hydrogens is 294 g/mol. The van der Waals surface area contributed by atoms with E-state index in [0.29, 0.717) is 18.0 Å². The Morgan fingerprint density at radius 1 is 1.56 bits per heavy atom. The third-order valence-corrected chi connectivity index (χ3v) is 5.21. The quantitative estimate of drug-likeness (QED) is 0.727. The second kappa shape index (κ2) is 6.93. The molecule has 1 rings (SSSR count). The van der Waals surface area contributed by atoms with Crippen molar-refractivity contribution in [3.05, 3.63) is 0 Å². The molecule has 1 aliphatic heterocycles. The molecule has 1 aliphatic rings. The summed E-state index contributed by atoms with van der Waals surface area (Å²) in [5.74, 6) is 0.103. The highest BCUT2D eigenvalue weighted by Crippen LogP contribution is 2.13. The molecule has 0 amide bonds. The van der Waals surface area contributed by atoms with Crippen molar-refractivity contribution in [3.8, 4) is 0 Å². The van der Waals surface area contributed by atoms with E-state index < -0.39 is 10.0 Å². The first-order valence-electron chi connectivity index (χ1n) is 5.76. The average molecular weight is 314 g/mol. The smallest absolute Gasteiger partial charge is 0.214 e. The number of hydrogen-bond acceptors (Lipinski definition) is 3. The first-order valence-corrected chi connectivity index (χ1v) is 8.33. The fraction of sp³-hybridized carbons (Fsp3) is 1.00. The van der Waals surface area contributed by atoms with Crippen LogP contribution in [0, 0.1) is 0 Å². The van der Waals surface area contributed by atoms with Gasteiger partial charge in [0.15, 0.2) is 0 Å². The van der Waals surface area contributed by atoms with Crippen LogP contribution >= 0.6 is 15.9 Å². The van der Waals surface area contributed by atoms with E-state index >= 15 is 0 Å². The summed E-state index contributed by atoms with van der Waals surface area (Å²) in [5, 5.41) is 0. The summed E-state index contributed by atoms with van der Waals surface area (Å²) in [6, 6.07) is 0. The van der Waals surface area contributed by atoms with Crippen LogP contribution in [0.15, 0.2) is 0 Å².